The van der Waals surface area contributed by atoms with Crippen LogP contribution in [0.4, 0.5) is 0 Å². The quantitative estimate of drug-likeness (QED) is 0.395. The molecule has 0 rings (SSSR count). The van der Waals surface area contributed by atoms with Crippen molar-refractivity contribution in [2.45, 2.75) is 31.7 Å². The number of unbranched alkanes of at least 4 members (excludes halogenated alkanes) is 2. The second kappa shape index (κ2) is 11.3. The minimum Gasteiger partial charge on any atom is -0.481 e. The Balaban J connectivity index is 0. The summed E-state index contributed by atoms with van der Waals surface area (Å²) in [5.41, 5.74) is 4.84. The lowest BCUT2D eigenvalue weighted by molar-refractivity contribution is -0.144. The highest BCUT2D eigenvalue weighted by molar-refractivity contribution is 5.80. The topological polar surface area (TPSA) is 135 Å². The molecule has 4 N–H and O–H groups in total. The van der Waals surface area contributed by atoms with Gasteiger partial charge in [-0.3, -0.25) is 9.59 Å². The Morgan fingerprint density at radius 3 is 1.75 bits per heavy atom. The van der Waals surface area contributed by atoms with Crippen LogP contribution in [-0.2, 0) is 19.2 Å². The normalized spacial score (nSPS) is 10.6. The maximum Gasteiger partial charge on any atom is 0.321 e. The molecule has 0 saturated carbocycles. The third kappa shape index (κ3) is 14.7. The van der Waals surface area contributed by atoms with Gasteiger partial charge in [0.2, 0.25) is 0 Å². The second-order valence-electron chi connectivity index (χ2n) is 2.81. The molecule has 7 nitrogen and oxygen atoms in total. The van der Waals surface area contributed by atoms with Crippen LogP contribution in [0.3, 0.4) is 0 Å². The number of carboxylic acids is 2. The molecule has 0 aliphatic rings. The van der Waals surface area contributed by atoms with Crippen molar-refractivity contribution >= 4 is 24.5 Å². The first-order valence-electron chi connectivity index (χ1n) is 4.53. The monoisotopic (exact) mass is 233 g/mol. The van der Waals surface area contributed by atoms with E-state index in [1.807, 2.05) is 0 Å². The Morgan fingerprint density at radius 2 is 1.56 bits per heavy atom. The molecule has 0 aliphatic carbocycles. The molecule has 0 aromatic heterocycles. The van der Waals surface area contributed by atoms with E-state index in [-0.39, 0.29) is 0 Å². The van der Waals surface area contributed by atoms with Gasteiger partial charge in [-0.15, -0.1) is 0 Å². The van der Waals surface area contributed by atoms with Crippen molar-refractivity contribution in [3.8, 4) is 0 Å². The molecule has 0 heterocycles. The molecule has 0 aliphatic heterocycles. The zero-order valence-electron chi connectivity index (χ0n) is 8.67. The lowest BCUT2D eigenvalue weighted by atomic mass is 10.2. The number of aldehydes is 2. The molecule has 0 bridgehead atoms. The average Bonchev–Trinajstić information content (AvgIpc) is 2.18. The summed E-state index contributed by atoms with van der Waals surface area (Å²) in [5.74, 6) is -2.50. The van der Waals surface area contributed by atoms with Gasteiger partial charge < -0.3 is 25.5 Å². The van der Waals surface area contributed by atoms with Crippen LogP contribution >= 0.6 is 0 Å². The molecular weight excluding hydrogens is 218 g/mol. The van der Waals surface area contributed by atoms with Crippen LogP contribution in [0.2, 0.25) is 0 Å². The molecule has 0 unspecified atom stereocenters. The number of nitrogens with two attached hydrogens (primary N) is 1. The fourth-order valence-corrected chi connectivity index (χ4v) is 0.560. The molecule has 0 spiro atoms. The van der Waals surface area contributed by atoms with E-state index < -0.39 is 24.4 Å². The van der Waals surface area contributed by atoms with Crippen molar-refractivity contribution in [1.29, 1.82) is 0 Å². The van der Waals surface area contributed by atoms with Gasteiger partial charge >= 0.3 is 11.9 Å². The number of hydrogen-bond donors (Lipinski definition) is 3. The van der Waals surface area contributed by atoms with Crippen LogP contribution in [0.15, 0.2) is 0 Å². The number of carbonyl (C=O) groups is 4. The fraction of sp³-hybridized carbons (Fsp3) is 0.556. The largest absolute Gasteiger partial charge is 0.481 e. The Morgan fingerprint density at radius 1 is 1.12 bits per heavy atom. The molecule has 0 radical (unpaired) electrons. The minimum atomic E-state index is -1.29. The number of carboxylic acid groups (broad SMARTS) is 2. The van der Waals surface area contributed by atoms with E-state index in [9.17, 15) is 19.2 Å². The molecule has 16 heavy (non-hydrogen) atoms. The SMILES string of the molecule is N[C@H](CC(=O)O)C(=O)O.O=CCCCC=O. The van der Waals surface area contributed by atoms with Crippen molar-refractivity contribution in [1.82, 2.24) is 0 Å². The average molecular weight is 233 g/mol. The predicted octanol–water partition coefficient (Wildman–Crippen LogP) is -0.572. The molecular formula is C9H15NO6. The number of rotatable bonds is 7. The van der Waals surface area contributed by atoms with Crippen LogP contribution in [-0.4, -0.2) is 40.8 Å². The van der Waals surface area contributed by atoms with E-state index in [1.165, 1.54) is 0 Å². The molecule has 7 heteroatoms. The number of aliphatic carboxylic acids is 2. The maximum atomic E-state index is 9.85. The molecule has 0 fully saturated rings. The first-order valence-corrected chi connectivity index (χ1v) is 4.53. The molecule has 0 saturated heterocycles. The highest BCUT2D eigenvalue weighted by Crippen LogP contribution is 1.86. The van der Waals surface area contributed by atoms with Gasteiger partial charge in [0, 0.05) is 12.8 Å². The molecule has 0 aromatic rings. The van der Waals surface area contributed by atoms with Gasteiger partial charge in [0.1, 0.15) is 18.6 Å². The summed E-state index contributed by atoms with van der Waals surface area (Å²) < 4.78 is 0. The van der Waals surface area contributed by atoms with Crippen LogP contribution < -0.4 is 5.73 Å². The minimum absolute atomic E-state index is 0.513. The van der Waals surface area contributed by atoms with Crippen LogP contribution in [0, 0.1) is 0 Å². The summed E-state index contributed by atoms with van der Waals surface area (Å²) in [5, 5.41) is 16.0. The fourth-order valence-electron chi connectivity index (χ4n) is 0.560. The third-order valence-electron chi connectivity index (χ3n) is 1.36. The van der Waals surface area contributed by atoms with Gasteiger partial charge in [-0.05, 0) is 6.42 Å². The highest BCUT2D eigenvalue weighted by Gasteiger charge is 2.14. The Labute approximate surface area is 92.2 Å². The highest BCUT2D eigenvalue weighted by atomic mass is 16.4. The number of carbonyl (C=O) groups excluding carboxylic acids is 2. The van der Waals surface area contributed by atoms with Crippen LogP contribution in [0.25, 0.3) is 0 Å². The summed E-state index contributed by atoms with van der Waals surface area (Å²) in [6, 6.07) is -1.29. The molecule has 0 amide bonds. The lowest BCUT2D eigenvalue weighted by Gasteiger charge is -1.99. The van der Waals surface area contributed by atoms with Gasteiger partial charge in [0.25, 0.3) is 0 Å². The van der Waals surface area contributed by atoms with Gasteiger partial charge in [-0.25, -0.2) is 0 Å². The van der Waals surface area contributed by atoms with Crippen molar-refractivity contribution in [2.75, 3.05) is 0 Å². The smallest absolute Gasteiger partial charge is 0.321 e. The standard InChI is InChI=1S/C5H8O2.C4H7NO4/c6-4-2-1-3-5-7;5-2(4(8)9)1-3(6)7/h4-5H,1-3H2;2H,1,5H2,(H,6,7)(H,8,9)/t;2-/m.1/s1. The van der Waals surface area contributed by atoms with Gasteiger partial charge in [-0.2, -0.15) is 0 Å². The zero-order chi connectivity index (χ0) is 13.0. The summed E-state index contributed by atoms with van der Waals surface area (Å²) >= 11 is 0. The third-order valence-corrected chi connectivity index (χ3v) is 1.36. The van der Waals surface area contributed by atoms with E-state index in [1.54, 1.807) is 0 Å². The Hall–Kier alpha value is -1.76. The summed E-state index contributed by atoms with van der Waals surface area (Å²) in [6.45, 7) is 0. The summed E-state index contributed by atoms with van der Waals surface area (Å²) in [6.07, 6.45) is 2.84. The lowest BCUT2D eigenvalue weighted by Crippen LogP contribution is -2.32. The van der Waals surface area contributed by atoms with Crippen molar-refractivity contribution in [3.05, 3.63) is 0 Å². The zero-order valence-corrected chi connectivity index (χ0v) is 8.67. The maximum absolute atomic E-state index is 9.85. The van der Waals surface area contributed by atoms with E-state index in [0.717, 1.165) is 12.6 Å². The van der Waals surface area contributed by atoms with E-state index >= 15 is 0 Å². The first kappa shape index (κ1) is 16.7. The van der Waals surface area contributed by atoms with E-state index in [4.69, 9.17) is 15.9 Å². The second-order valence-corrected chi connectivity index (χ2v) is 2.81. The van der Waals surface area contributed by atoms with Gasteiger partial charge in [-0.1, -0.05) is 0 Å². The van der Waals surface area contributed by atoms with Crippen molar-refractivity contribution in [3.63, 3.8) is 0 Å². The summed E-state index contributed by atoms with van der Waals surface area (Å²) in [7, 11) is 0. The molecule has 1 atom stereocenters. The Bertz CT molecular complexity index is 232. The molecule has 92 valence electrons. The van der Waals surface area contributed by atoms with Crippen molar-refractivity contribution in [2.24, 2.45) is 5.73 Å². The van der Waals surface area contributed by atoms with Crippen LogP contribution in [0.5, 0.6) is 0 Å². The van der Waals surface area contributed by atoms with E-state index in [0.29, 0.717) is 19.3 Å². The van der Waals surface area contributed by atoms with Crippen molar-refractivity contribution < 1.29 is 29.4 Å². The first-order chi connectivity index (χ1) is 7.45. The number of hydrogen-bond acceptors (Lipinski definition) is 5. The Kier molecular flexibility index (Phi) is 11.8. The van der Waals surface area contributed by atoms with Gasteiger partial charge in [0.05, 0.1) is 6.42 Å². The molecule has 0 aromatic carbocycles. The van der Waals surface area contributed by atoms with E-state index in [2.05, 4.69) is 0 Å². The summed E-state index contributed by atoms with van der Waals surface area (Å²) in [4.78, 5) is 38.7. The van der Waals surface area contributed by atoms with Gasteiger partial charge in [0.15, 0.2) is 0 Å². The predicted molar refractivity (Wildman–Crippen MR) is 53.8 cm³/mol. The van der Waals surface area contributed by atoms with Crippen LogP contribution in [0.1, 0.15) is 25.7 Å².